The number of anilines is 1. The highest BCUT2D eigenvalue weighted by Crippen LogP contribution is 2.29. The Morgan fingerprint density at radius 2 is 2.05 bits per heavy atom. The first kappa shape index (κ1) is 14.4. The van der Waals surface area contributed by atoms with Crippen LogP contribution in [0.3, 0.4) is 0 Å². The summed E-state index contributed by atoms with van der Waals surface area (Å²) in [5, 5.41) is 2.53. The van der Waals surface area contributed by atoms with Crippen LogP contribution in [0.25, 0.3) is 0 Å². The number of rotatable bonds is 4. The molecular formula is C11H17N3O3S2. The lowest BCUT2D eigenvalue weighted by molar-refractivity contribution is -0.113. The second kappa shape index (κ2) is 4.82. The van der Waals surface area contributed by atoms with E-state index < -0.39 is 21.5 Å². The number of sulfone groups is 1. The van der Waals surface area contributed by atoms with Crippen LogP contribution in [0, 0.1) is 0 Å². The van der Waals surface area contributed by atoms with E-state index in [9.17, 15) is 13.2 Å². The lowest BCUT2D eigenvalue weighted by Gasteiger charge is -2.12. The van der Waals surface area contributed by atoms with Crippen LogP contribution >= 0.6 is 11.5 Å². The fourth-order valence-electron chi connectivity index (χ4n) is 1.46. The van der Waals surface area contributed by atoms with Crippen molar-refractivity contribution in [2.45, 2.75) is 44.3 Å². The van der Waals surface area contributed by atoms with Gasteiger partial charge in [-0.15, -0.1) is 0 Å². The highest BCUT2D eigenvalue weighted by atomic mass is 32.2. The predicted molar refractivity (Wildman–Crippen MR) is 74.0 cm³/mol. The van der Waals surface area contributed by atoms with Gasteiger partial charge in [0.2, 0.25) is 11.0 Å². The molecule has 8 heteroatoms. The van der Waals surface area contributed by atoms with Gasteiger partial charge in [0.25, 0.3) is 0 Å². The molecular weight excluding hydrogens is 286 g/mol. The number of amides is 1. The van der Waals surface area contributed by atoms with E-state index in [-0.39, 0.29) is 10.7 Å². The number of carbonyl (C=O) groups excluding carboxylic acids is 1. The van der Waals surface area contributed by atoms with Gasteiger partial charge in [0, 0.05) is 16.9 Å². The molecule has 0 aliphatic heterocycles. The van der Waals surface area contributed by atoms with Gasteiger partial charge in [-0.2, -0.15) is 4.37 Å². The summed E-state index contributed by atoms with van der Waals surface area (Å²) in [6.45, 7) is 5.91. The number of nitrogens with zero attached hydrogens (tertiary/aromatic N) is 2. The molecule has 1 aliphatic rings. The molecule has 0 radical (unpaired) electrons. The van der Waals surface area contributed by atoms with Gasteiger partial charge in [0.15, 0.2) is 9.84 Å². The fraction of sp³-hybridized carbons (Fsp3) is 0.727. The quantitative estimate of drug-likeness (QED) is 0.907. The molecule has 1 aromatic rings. The molecule has 1 aliphatic carbocycles. The van der Waals surface area contributed by atoms with Crippen LogP contribution in [0.15, 0.2) is 0 Å². The molecule has 0 unspecified atom stereocenters. The lowest BCUT2D eigenvalue weighted by atomic mass is 9.96. The van der Waals surface area contributed by atoms with Gasteiger partial charge in [-0.3, -0.25) is 10.1 Å². The van der Waals surface area contributed by atoms with Crippen LogP contribution in [0.1, 0.15) is 39.4 Å². The molecule has 1 N–H and O–H groups in total. The normalized spacial score (nSPS) is 16.4. The molecule has 1 amide bonds. The zero-order valence-electron chi connectivity index (χ0n) is 11.1. The van der Waals surface area contributed by atoms with Crippen molar-refractivity contribution < 1.29 is 13.2 Å². The third-order valence-corrected chi connectivity index (χ3v) is 5.49. The monoisotopic (exact) mass is 303 g/mol. The van der Waals surface area contributed by atoms with Gasteiger partial charge in [-0.1, -0.05) is 20.8 Å². The summed E-state index contributed by atoms with van der Waals surface area (Å²) in [6, 6.07) is 0. The van der Waals surface area contributed by atoms with Crippen LogP contribution < -0.4 is 5.32 Å². The van der Waals surface area contributed by atoms with Crippen molar-refractivity contribution >= 4 is 32.4 Å². The Bertz CT molecular complexity index is 583. The average molecular weight is 303 g/mol. The van der Waals surface area contributed by atoms with Crippen LogP contribution in [0.2, 0.25) is 0 Å². The first-order chi connectivity index (χ1) is 8.68. The maximum atomic E-state index is 11.7. The molecule has 6 nitrogen and oxygen atoms in total. The minimum absolute atomic E-state index is 0.195. The number of nitrogens with one attached hydrogen (secondary N) is 1. The van der Waals surface area contributed by atoms with Crippen LogP contribution in [-0.4, -0.2) is 34.7 Å². The van der Waals surface area contributed by atoms with Gasteiger partial charge in [0.05, 0.1) is 5.25 Å². The maximum Gasteiger partial charge on any atom is 0.241 e. The molecule has 1 saturated carbocycles. The Morgan fingerprint density at radius 1 is 1.42 bits per heavy atom. The molecule has 2 rings (SSSR count). The fourth-order valence-corrected chi connectivity index (χ4v) is 3.76. The molecule has 1 fully saturated rings. The number of hydrogen-bond donors (Lipinski definition) is 1. The standard InChI is InChI=1S/C11H17N3O3S2/c1-11(2,3)9-13-10(18-14-9)12-8(15)6-19(16,17)7-4-5-7/h7H,4-6H2,1-3H3,(H,12,13,14,15). The van der Waals surface area contributed by atoms with E-state index in [4.69, 9.17) is 0 Å². The Hall–Kier alpha value is -1.02. The van der Waals surface area contributed by atoms with E-state index in [0.717, 1.165) is 11.5 Å². The third kappa shape index (κ3) is 3.73. The summed E-state index contributed by atoms with van der Waals surface area (Å²) in [7, 11) is -3.28. The van der Waals surface area contributed by atoms with Gasteiger partial charge in [-0.25, -0.2) is 13.4 Å². The van der Waals surface area contributed by atoms with E-state index in [1.54, 1.807) is 0 Å². The molecule has 0 aromatic carbocycles. The summed E-state index contributed by atoms with van der Waals surface area (Å²) in [5.41, 5.74) is -0.195. The molecule has 1 heterocycles. The molecule has 0 bridgehead atoms. The van der Waals surface area contributed by atoms with Crippen molar-refractivity contribution in [2.75, 3.05) is 11.1 Å². The van der Waals surface area contributed by atoms with Crippen molar-refractivity contribution in [1.82, 2.24) is 9.36 Å². The zero-order chi connectivity index (χ0) is 14.3. The van der Waals surface area contributed by atoms with Gasteiger partial charge < -0.3 is 0 Å². The van der Waals surface area contributed by atoms with E-state index in [2.05, 4.69) is 14.7 Å². The van der Waals surface area contributed by atoms with E-state index >= 15 is 0 Å². The molecule has 106 valence electrons. The molecule has 0 saturated heterocycles. The summed E-state index contributed by atoms with van der Waals surface area (Å²) >= 11 is 1.07. The van der Waals surface area contributed by atoms with Crippen molar-refractivity contribution in [3.05, 3.63) is 5.82 Å². The maximum absolute atomic E-state index is 11.7. The predicted octanol–water partition coefficient (Wildman–Crippen LogP) is 1.35. The van der Waals surface area contributed by atoms with Crippen LogP contribution in [-0.2, 0) is 20.0 Å². The van der Waals surface area contributed by atoms with E-state index in [1.807, 2.05) is 20.8 Å². The van der Waals surface area contributed by atoms with Crippen molar-refractivity contribution in [1.29, 1.82) is 0 Å². The highest BCUT2D eigenvalue weighted by Gasteiger charge is 2.37. The van der Waals surface area contributed by atoms with Gasteiger partial charge >= 0.3 is 0 Å². The SMILES string of the molecule is CC(C)(C)c1nsc(NC(=O)CS(=O)(=O)C2CC2)n1. The minimum atomic E-state index is -3.28. The second-order valence-electron chi connectivity index (χ2n) is 5.73. The molecule has 0 atom stereocenters. The summed E-state index contributed by atoms with van der Waals surface area (Å²) in [6.07, 6.45) is 1.34. The highest BCUT2D eigenvalue weighted by molar-refractivity contribution is 7.93. The number of carbonyl (C=O) groups is 1. The average Bonchev–Trinajstić information content (AvgIpc) is 2.98. The Morgan fingerprint density at radius 3 is 2.53 bits per heavy atom. The molecule has 0 spiro atoms. The van der Waals surface area contributed by atoms with Crippen molar-refractivity contribution in [3.63, 3.8) is 0 Å². The summed E-state index contributed by atoms with van der Waals surface area (Å²) in [4.78, 5) is 15.9. The minimum Gasteiger partial charge on any atom is -0.300 e. The third-order valence-electron chi connectivity index (χ3n) is 2.71. The topological polar surface area (TPSA) is 89.0 Å². The van der Waals surface area contributed by atoms with Gasteiger partial charge in [0.1, 0.15) is 11.6 Å². The smallest absolute Gasteiger partial charge is 0.241 e. The van der Waals surface area contributed by atoms with Crippen LogP contribution in [0.5, 0.6) is 0 Å². The van der Waals surface area contributed by atoms with Crippen molar-refractivity contribution in [2.24, 2.45) is 0 Å². The lowest BCUT2D eigenvalue weighted by Crippen LogP contribution is -2.25. The Labute approximate surface area is 116 Å². The number of aromatic nitrogens is 2. The largest absolute Gasteiger partial charge is 0.300 e. The molecule has 19 heavy (non-hydrogen) atoms. The second-order valence-corrected chi connectivity index (χ2v) is 8.76. The first-order valence-corrected chi connectivity index (χ1v) is 8.53. The molecule has 1 aromatic heterocycles. The zero-order valence-corrected chi connectivity index (χ0v) is 12.8. The Kier molecular flexibility index (Phi) is 3.65. The number of hydrogen-bond acceptors (Lipinski definition) is 6. The Balaban J connectivity index is 1.97. The first-order valence-electron chi connectivity index (χ1n) is 6.04. The van der Waals surface area contributed by atoms with Crippen molar-refractivity contribution in [3.8, 4) is 0 Å². The van der Waals surface area contributed by atoms with Gasteiger partial charge in [-0.05, 0) is 12.8 Å². The van der Waals surface area contributed by atoms with Crippen LogP contribution in [0.4, 0.5) is 5.13 Å². The van der Waals surface area contributed by atoms with E-state index in [1.165, 1.54) is 0 Å². The summed E-state index contributed by atoms with van der Waals surface area (Å²) in [5.74, 6) is -0.372. The van der Waals surface area contributed by atoms with E-state index in [0.29, 0.717) is 23.8 Å². The summed E-state index contributed by atoms with van der Waals surface area (Å²) < 4.78 is 27.5.